The minimum Gasteiger partial charge on any atom is -0.493 e. The summed E-state index contributed by atoms with van der Waals surface area (Å²) in [5, 5.41) is 17.9. The predicted octanol–water partition coefficient (Wildman–Crippen LogP) is 2.11. The van der Waals surface area contributed by atoms with Gasteiger partial charge in [0.25, 0.3) is 0 Å². The zero-order valence-electron chi connectivity index (χ0n) is 17.7. The van der Waals surface area contributed by atoms with Crippen molar-refractivity contribution < 1.29 is 14.6 Å². The van der Waals surface area contributed by atoms with Gasteiger partial charge in [-0.2, -0.15) is 5.10 Å². The Bertz CT molecular complexity index is 728. The van der Waals surface area contributed by atoms with Gasteiger partial charge in [-0.3, -0.25) is 4.68 Å². The molecule has 0 aliphatic heterocycles. The molecular weight excluding hydrogens is 356 g/mol. The number of hydrogen-bond donors (Lipinski definition) is 2. The van der Waals surface area contributed by atoms with E-state index >= 15 is 0 Å². The maximum atomic E-state index is 10.2. The van der Waals surface area contributed by atoms with E-state index in [0.717, 1.165) is 30.9 Å². The van der Waals surface area contributed by atoms with Gasteiger partial charge in [0.1, 0.15) is 12.7 Å². The van der Waals surface area contributed by atoms with Crippen LogP contribution in [0.1, 0.15) is 30.7 Å². The first-order chi connectivity index (χ1) is 13.5. The number of aliphatic hydroxyl groups is 1. The topological polar surface area (TPSA) is 71.8 Å². The number of rotatable bonds is 12. The molecule has 28 heavy (non-hydrogen) atoms. The predicted molar refractivity (Wildman–Crippen MR) is 111 cm³/mol. The molecule has 0 fully saturated rings. The number of likely N-dealkylation sites (N-methyl/N-ethyl adjacent to an activating group) is 1. The van der Waals surface area contributed by atoms with E-state index in [4.69, 9.17) is 9.47 Å². The zero-order valence-corrected chi connectivity index (χ0v) is 17.7. The Morgan fingerprint density at radius 1 is 1.21 bits per heavy atom. The van der Waals surface area contributed by atoms with Crippen LogP contribution >= 0.6 is 0 Å². The summed E-state index contributed by atoms with van der Waals surface area (Å²) in [6, 6.07) is 5.88. The van der Waals surface area contributed by atoms with Crippen LogP contribution in [0.3, 0.4) is 0 Å². The van der Waals surface area contributed by atoms with Crippen LogP contribution in [0, 0.1) is 6.92 Å². The lowest BCUT2D eigenvalue weighted by molar-refractivity contribution is 0.0705. The third-order valence-corrected chi connectivity index (χ3v) is 5.00. The molecule has 156 valence electrons. The number of aromatic nitrogens is 2. The molecule has 0 amide bonds. The summed E-state index contributed by atoms with van der Waals surface area (Å²) < 4.78 is 13.1. The molecule has 2 aromatic rings. The molecule has 1 aromatic carbocycles. The molecule has 2 rings (SSSR count). The van der Waals surface area contributed by atoms with Gasteiger partial charge in [0.2, 0.25) is 0 Å². The highest BCUT2D eigenvalue weighted by Crippen LogP contribution is 2.28. The molecular formula is C21H34N4O3. The summed E-state index contributed by atoms with van der Waals surface area (Å²) in [5.74, 6) is 1.32. The third-order valence-electron chi connectivity index (χ3n) is 5.00. The number of nitrogens with zero attached hydrogens (tertiary/aromatic N) is 3. The van der Waals surface area contributed by atoms with E-state index in [1.165, 1.54) is 5.56 Å². The van der Waals surface area contributed by atoms with Crippen molar-refractivity contribution in [2.24, 2.45) is 7.05 Å². The van der Waals surface area contributed by atoms with Crippen molar-refractivity contribution in [1.29, 1.82) is 0 Å². The average Bonchev–Trinajstić information content (AvgIpc) is 3.02. The minimum absolute atomic E-state index is 0.235. The SMILES string of the molecule is CCN(CC)C[C@@H](O)COc1cc(CNCc2cnn(C)c2C)ccc1OC. The van der Waals surface area contributed by atoms with Crippen molar-refractivity contribution in [3.63, 3.8) is 0 Å². The highest BCUT2D eigenvalue weighted by molar-refractivity contribution is 5.43. The van der Waals surface area contributed by atoms with Crippen LogP contribution in [0.4, 0.5) is 0 Å². The molecule has 7 heteroatoms. The molecule has 7 nitrogen and oxygen atoms in total. The molecule has 0 aliphatic rings. The number of nitrogens with one attached hydrogen (secondary N) is 1. The molecule has 0 bridgehead atoms. The molecule has 0 saturated heterocycles. The monoisotopic (exact) mass is 390 g/mol. The van der Waals surface area contributed by atoms with E-state index in [2.05, 4.69) is 36.1 Å². The number of ether oxygens (including phenoxy) is 2. The number of methoxy groups -OCH3 is 1. The van der Waals surface area contributed by atoms with Gasteiger partial charge >= 0.3 is 0 Å². The van der Waals surface area contributed by atoms with Crippen LogP contribution in [0.25, 0.3) is 0 Å². The highest BCUT2D eigenvalue weighted by Gasteiger charge is 2.12. The summed E-state index contributed by atoms with van der Waals surface area (Å²) in [5.41, 5.74) is 3.44. The second kappa shape index (κ2) is 11.0. The van der Waals surface area contributed by atoms with E-state index in [9.17, 15) is 5.11 Å². The fourth-order valence-corrected chi connectivity index (χ4v) is 3.02. The van der Waals surface area contributed by atoms with Crippen LogP contribution in [-0.4, -0.2) is 59.2 Å². The quantitative estimate of drug-likeness (QED) is 0.578. The van der Waals surface area contributed by atoms with E-state index in [0.29, 0.717) is 24.6 Å². The fraction of sp³-hybridized carbons (Fsp3) is 0.571. The summed E-state index contributed by atoms with van der Waals surface area (Å²) >= 11 is 0. The normalized spacial score (nSPS) is 12.4. The summed E-state index contributed by atoms with van der Waals surface area (Å²) in [4.78, 5) is 2.17. The van der Waals surface area contributed by atoms with E-state index in [-0.39, 0.29) is 6.61 Å². The van der Waals surface area contributed by atoms with Crippen molar-refractivity contribution in [3.8, 4) is 11.5 Å². The summed E-state index contributed by atoms with van der Waals surface area (Å²) in [6.07, 6.45) is 1.35. The molecule has 0 unspecified atom stereocenters. The van der Waals surface area contributed by atoms with Crippen molar-refractivity contribution >= 4 is 0 Å². The van der Waals surface area contributed by atoms with Gasteiger partial charge in [-0.05, 0) is 37.7 Å². The largest absolute Gasteiger partial charge is 0.493 e. The van der Waals surface area contributed by atoms with Gasteiger partial charge < -0.3 is 24.8 Å². The van der Waals surface area contributed by atoms with Gasteiger partial charge in [-0.15, -0.1) is 0 Å². The first kappa shape index (κ1) is 22.2. The number of benzene rings is 1. The Hall–Kier alpha value is -2.09. The standard InChI is InChI=1S/C21H34N4O3/c1-6-25(7-2)14-19(26)15-28-21-10-17(8-9-20(21)27-5)11-22-12-18-13-23-24(4)16(18)3/h8-10,13,19,22,26H,6-7,11-12,14-15H2,1-5H3/t19-/m1/s1. The van der Waals surface area contributed by atoms with E-state index in [1.54, 1.807) is 7.11 Å². The highest BCUT2D eigenvalue weighted by atomic mass is 16.5. The second-order valence-corrected chi connectivity index (χ2v) is 6.92. The lowest BCUT2D eigenvalue weighted by Gasteiger charge is -2.22. The van der Waals surface area contributed by atoms with Gasteiger partial charge in [0, 0.05) is 37.9 Å². The van der Waals surface area contributed by atoms with Gasteiger partial charge in [0.05, 0.1) is 13.3 Å². The van der Waals surface area contributed by atoms with E-state index in [1.807, 2.05) is 36.1 Å². The Kier molecular flexibility index (Phi) is 8.76. The number of aryl methyl sites for hydroxylation is 1. The Balaban J connectivity index is 1.92. The lowest BCUT2D eigenvalue weighted by Crippen LogP contribution is -2.35. The molecule has 1 atom stereocenters. The Morgan fingerprint density at radius 2 is 1.96 bits per heavy atom. The molecule has 0 saturated carbocycles. The average molecular weight is 391 g/mol. The summed E-state index contributed by atoms with van der Waals surface area (Å²) in [7, 11) is 3.57. The second-order valence-electron chi connectivity index (χ2n) is 6.92. The Labute approximate surface area is 168 Å². The lowest BCUT2D eigenvalue weighted by atomic mass is 10.2. The Morgan fingerprint density at radius 3 is 2.57 bits per heavy atom. The minimum atomic E-state index is -0.542. The third kappa shape index (κ3) is 6.22. The van der Waals surface area contributed by atoms with Gasteiger partial charge in [0.15, 0.2) is 11.5 Å². The maximum Gasteiger partial charge on any atom is 0.161 e. The van der Waals surface area contributed by atoms with Crippen molar-refractivity contribution in [1.82, 2.24) is 20.0 Å². The van der Waals surface area contributed by atoms with Gasteiger partial charge in [-0.25, -0.2) is 0 Å². The summed E-state index contributed by atoms with van der Waals surface area (Å²) in [6.45, 7) is 10.4. The molecule has 2 N–H and O–H groups in total. The fourth-order valence-electron chi connectivity index (χ4n) is 3.02. The molecule has 1 aromatic heterocycles. The zero-order chi connectivity index (χ0) is 20.5. The van der Waals surface area contributed by atoms with Crippen molar-refractivity contribution in [3.05, 3.63) is 41.2 Å². The first-order valence-corrected chi connectivity index (χ1v) is 9.86. The maximum absolute atomic E-state index is 10.2. The number of hydrogen-bond acceptors (Lipinski definition) is 6. The van der Waals surface area contributed by atoms with Crippen LogP contribution in [0.2, 0.25) is 0 Å². The van der Waals surface area contributed by atoms with Crippen molar-refractivity contribution in [2.75, 3.05) is 33.4 Å². The van der Waals surface area contributed by atoms with Crippen LogP contribution in [0.15, 0.2) is 24.4 Å². The van der Waals surface area contributed by atoms with E-state index < -0.39 is 6.10 Å². The smallest absolute Gasteiger partial charge is 0.161 e. The number of aliphatic hydroxyl groups excluding tert-OH is 1. The molecule has 0 aliphatic carbocycles. The molecule has 0 spiro atoms. The van der Waals surface area contributed by atoms with Crippen LogP contribution in [-0.2, 0) is 20.1 Å². The van der Waals surface area contributed by atoms with Crippen LogP contribution in [0.5, 0.6) is 11.5 Å². The van der Waals surface area contributed by atoms with Crippen LogP contribution < -0.4 is 14.8 Å². The van der Waals surface area contributed by atoms with Crippen molar-refractivity contribution in [2.45, 2.75) is 40.0 Å². The molecule has 1 heterocycles. The van der Waals surface area contributed by atoms with Gasteiger partial charge in [-0.1, -0.05) is 19.9 Å². The first-order valence-electron chi connectivity index (χ1n) is 9.86. The molecule has 0 radical (unpaired) electrons.